The zero-order chi connectivity index (χ0) is 20.1. The van der Waals surface area contributed by atoms with Crippen molar-refractivity contribution in [2.45, 2.75) is 6.42 Å². The molecule has 0 bridgehead atoms. The largest absolute Gasteiger partial charge is 0.497 e. The van der Waals surface area contributed by atoms with E-state index in [1.54, 1.807) is 13.3 Å². The Kier molecular flexibility index (Phi) is 5.38. The van der Waals surface area contributed by atoms with E-state index >= 15 is 0 Å². The van der Waals surface area contributed by atoms with E-state index in [1.165, 1.54) is 10.8 Å². The number of carbonyl (C=O) groups excluding carboxylic acids is 1. The molecule has 0 fully saturated rings. The molecule has 1 aromatic heterocycles. The number of ether oxygens (including phenoxy) is 1. The number of amides is 1. The van der Waals surface area contributed by atoms with Gasteiger partial charge in [0.25, 0.3) is 0 Å². The molecule has 0 spiro atoms. The zero-order valence-corrected chi connectivity index (χ0v) is 16.1. The first-order chi connectivity index (χ1) is 14.2. The predicted molar refractivity (Wildman–Crippen MR) is 116 cm³/mol. The summed E-state index contributed by atoms with van der Waals surface area (Å²) >= 11 is 0. The number of fused-ring (bicyclic) bond motifs is 1. The van der Waals surface area contributed by atoms with E-state index in [2.05, 4.69) is 40.9 Å². The summed E-state index contributed by atoms with van der Waals surface area (Å²) in [6, 6.07) is 25.9. The predicted octanol–water partition coefficient (Wildman–Crippen LogP) is 4.33. The van der Waals surface area contributed by atoms with Crippen molar-refractivity contribution in [2.75, 3.05) is 7.11 Å². The maximum absolute atomic E-state index is 12.1. The summed E-state index contributed by atoms with van der Waals surface area (Å²) in [7, 11) is 1.62. The average molecular weight is 383 g/mol. The van der Waals surface area contributed by atoms with Crippen LogP contribution >= 0.6 is 0 Å². The van der Waals surface area contributed by atoms with Crippen LogP contribution in [0, 0.1) is 0 Å². The Morgan fingerprint density at radius 2 is 1.79 bits per heavy atom. The van der Waals surface area contributed by atoms with Crippen molar-refractivity contribution in [3.05, 3.63) is 96.3 Å². The number of hydrogen-bond acceptors (Lipinski definition) is 3. The SMILES string of the molecule is COc1ccc(CC(=O)N/N=C\c2cccn2-c2ccc3ccccc3c2)cc1. The minimum absolute atomic E-state index is 0.171. The lowest BCUT2D eigenvalue weighted by molar-refractivity contribution is -0.120. The third-order valence-electron chi connectivity index (χ3n) is 4.70. The van der Waals surface area contributed by atoms with Crippen molar-refractivity contribution in [2.24, 2.45) is 5.10 Å². The fraction of sp³-hybridized carbons (Fsp3) is 0.0833. The van der Waals surface area contributed by atoms with Crippen LogP contribution in [0.15, 0.2) is 90.2 Å². The summed E-state index contributed by atoms with van der Waals surface area (Å²) < 4.78 is 7.16. The molecule has 0 unspecified atom stereocenters. The van der Waals surface area contributed by atoms with E-state index in [0.29, 0.717) is 0 Å². The molecular formula is C24H21N3O2. The van der Waals surface area contributed by atoms with Crippen molar-refractivity contribution in [3.8, 4) is 11.4 Å². The molecule has 0 radical (unpaired) electrons. The minimum atomic E-state index is -0.171. The molecule has 144 valence electrons. The van der Waals surface area contributed by atoms with Crippen LogP contribution in [0.5, 0.6) is 5.75 Å². The first-order valence-corrected chi connectivity index (χ1v) is 9.34. The van der Waals surface area contributed by atoms with Crippen molar-refractivity contribution >= 4 is 22.9 Å². The molecule has 1 heterocycles. The van der Waals surface area contributed by atoms with Gasteiger partial charge in [-0.05, 0) is 52.7 Å². The van der Waals surface area contributed by atoms with E-state index in [1.807, 2.05) is 59.3 Å². The second-order valence-corrected chi connectivity index (χ2v) is 6.65. The summed E-state index contributed by atoms with van der Waals surface area (Å²) in [6.45, 7) is 0. The Labute approximate surface area is 169 Å². The Bertz CT molecular complexity index is 1160. The van der Waals surface area contributed by atoms with Crippen LogP contribution in [0.2, 0.25) is 0 Å². The Balaban J connectivity index is 1.43. The summed E-state index contributed by atoms with van der Waals surface area (Å²) in [6.07, 6.45) is 3.89. The Morgan fingerprint density at radius 3 is 2.59 bits per heavy atom. The van der Waals surface area contributed by atoms with Gasteiger partial charge in [-0.25, -0.2) is 5.43 Å². The number of rotatable bonds is 6. The number of hydrogen-bond donors (Lipinski definition) is 1. The van der Waals surface area contributed by atoms with Gasteiger partial charge in [0, 0.05) is 11.9 Å². The van der Waals surface area contributed by atoms with Gasteiger partial charge in [-0.15, -0.1) is 0 Å². The molecule has 0 aliphatic rings. The molecule has 0 saturated carbocycles. The molecule has 1 N–H and O–H groups in total. The summed E-state index contributed by atoms with van der Waals surface area (Å²) in [4.78, 5) is 12.1. The van der Waals surface area contributed by atoms with Crippen LogP contribution in [0.25, 0.3) is 16.5 Å². The number of aromatic nitrogens is 1. The molecule has 4 aromatic rings. The molecule has 29 heavy (non-hydrogen) atoms. The van der Waals surface area contributed by atoms with Gasteiger partial charge < -0.3 is 9.30 Å². The molecule has 5 nitrogen and oxygen atoms in total. The Morgan fingerprint density at radius 1 is 1.00 bits per heavy atom. The normalized spacial score (nSPS) is 11.1. The lowest BCUT2D eigenvalue weighted by atomic mass is 10.1. The fourth-order valence-corrected chi connectivity index (χ4v) is 3.20. The number of hydrazone groups is 1. The van der Waals surface area contributed by atoms with Crippen LogP contribution in [0.3, 0.4) is 0 Å². The highest BCUT2D eigenvalue weighted by Crippen LogP contribution is 2.19. The van der Waals surface area contributed by atoms with Gasteiger partial charge in [0.2, 0.25) is 5.91 Å². The summed E-state index contributed by atoms with van der Waals surface area (Å²) in [5.41, 5.74) is 5.41. The van der Waals surface area contributed by atoms with E-state index in [-0.39, 0.29) is 12.3 Å². The van der Waals surface area contributed by atoms with E-state index < -0.39 is 0 Å². The standard InChI is InChI=1S/C24H21N3O2/c1-29-23-12-8-18(9-13-23)15-24(28)26-25-17-22-7-4-14-27(22)21-11-10-19-5-2-3-6-20(19)16-21/h2-14,16-17H,15H2,1H3,(H,26,28)/b25-17-. The maximum Gasteiger partial charge on any atom is 0.244 e. The smallest absolute Gasteiger partial charge is 0.244 e. The van der Waals surface area contributed by atoms with E-state index in [4.69, 9.17) is 4.74 Å². The lowest BCUT2D eigenvalue weighted by Crippen LogP contribution is -2.20. The monoisotopic (exact) mass is 383 g/mol. The third kappa shape index (κ3) is 4.35. The van der Waals surface area contributed by atoms with Crippen LogP contribution in [0.1, 0.15) is 11.3 Å². The number of methoxy groups -OCH3 is 1. The van der Waals surface area contributed by atoms with Gasteiger partial charge in [-0.2, -0.15) is 5.10 Å². The first-order valence-electron chi connectivity index (χ1n) is 9.34. The van der Waals surface area contributed by atoms with E-state index in [9.17, 15) is 4.79 Å². The topological polar surface area (TPSA) is 55.6 Å². The molecule has 3 aromatic carbocycles. The average Bonchev–Trinajstić information content (AvgIpc) is 3.22. The fourth-order valence-electron chi connectivity index (χ4n) is 3.20. The number of nitrogens with zero attached hydrogens (tertiary/aromatic N) is 2. The van der Waals surface area contributed by atoms with Crippen molar-refractivity contribution in [1.82, 2.24) is 9.99 Å². The summed E-state index contributed by atoms with van der Waals surface area (Å²) in [5, 5.41) is 6.50. The Hall–Kier alpha value is -3.86. The molecule has 0 aliphatic heterocycles. The van der Waals surface area contributed by atoms with Crippen LogP contribution in [-0.4, -0.2) is 23.8 Å². The number of carbonyl (C=O) groups is 1. The quantitative estimate of drug-likeness (QED) is 0.398. The van der Waals surface area contributed by atoms with Crippen molar-refractivity contribution < 1.29 is 9.53 Å². The zero-order valence-electron chi connectivity index (χ0n) is 16.1. The first kappa shape index (κ1) is 18.5. The second kappa shape index (κ2) is 8.44. The van der Waals surface area contributed by atoms with E-state index in [0.717, 1.165) is 22.7 Å². The minimum Gasteiger partial charge on any atom is -0.497 e. The van der Waals surface area contributed by atoms with Gasteiger partial charge in [0.1, 0.15) is 5.75 Å². The van der Waals surface area contributed by atoms with Crippen molar-refractivity contribution in [1.29, 1.82) is 0 Å². The molecule has 1 amide bonds. The van der Waals surface area contributed by atoms with Gasteiger partial charge in [0.05, 0.1) is 25.4 Å². The summed E-state index contributed by atoms with van der Waals surface area (Å²) in [5.74, 6) is 0.594. The van der Waals surface area contributed by atoms with Gasteiger partial charge >= 0.3 is 0 Å². The number of benzene rings is 3. The molecule has 0 aliphatic carbocycles. The molecule has 5 heteroatoms. The molecule has 0 atom stereocenters. The highest BCUT2D eigenvalue weighted by molar-refractivity contribution is 5.86. The third-order valence-corrected chi connectivity index (χ3v) is 4.70. The van der Waals surface area contributed by atoms with Crippen LogP contribution in [-0.2, 0) is 11.2 Å². The lowest BCUT2D eigenvalue weighted by Gasteiger charge is -2.08. The maximum atomic E-state index is 12.1. The molecule has 4 rings (SSSR count). The van der Waals surface area contributed by atoms with Crippen LogP contribution in [0.4, 0.5) is 0 Å². The highest BCUT2D eigenvalue weighted by atomic mass is 16.5. The van der Waals surface area contributed by atoms with Crippen LogP contribution < -0.4 is 10.2 Å². The second-order valence-electron chi connectivity index (χ2n) is 6.65. The molecular weight excluding hydrogens is 362 g/mol. The van der Waals surface area contributed by atoms with Crippen molar-refractivity contribution in [3.63, 3.8) is 0 Å². The van der Waals surface area contributed by atoms with Gasteiger partial charge in [-0.1, -0.05) is 42.5 Å². The van der Waals surface area contributed by atoms with Gasteiger partial charge in [-0.3, -0.25) is 4.79 Å². The molecule has 0 saturated heterocycles. The highest BCUT2D eigenvalue weighted by Gasteiger charge is 2.05. The number of nitrogens with one attached hydrogen (secondary N) is 1. The van der Waals surface area contributed by atoms with Gasteiger partial charge in [0.15, 0.2) is 0 Å².